The van der Waals surface area contributed by atoms with Gasteiger partial charge in [-0.05, 0) is 18.3 Å². The maximum absolute atomic E-state index is 11.3. The van der Waals surface area contributed by atoms with Crippen molar-refractivity contribution in [3.63, 3.8) is 0 Å². The van der Waals surface area contributed by atoms with Crippen molar-refractivity contribution in [2.24, 2.45) is 11.8 Å². The van der Waals surface area contributed by atoms with Gasteiger partial charge in [0.05, 0.1) is 0 Å². The van der Waals surface area contributed by atoms with Gasteiger partial charge in [-0.3, -0.25) is 14.3 Å². The van der Waals surface area contributed by atoms with Gasteiger partial charge in [-0.15, -0.1) is 0 Å². The summed E-state index contributed by atoms with van der Waals surface area (Å²) in [7, 11) is 0. The molecule has 14 heavy (non-hydrogen) atoms. The first-order chi connectivity index (χ1) is 6.58. The fourth-order valence-electron chi connectivity index (χ4n) is 1.57. The van der Waals surface area contributed by atoms with Gasteiger partial charge in [0, 0.05) is 12.7 Å². The number of anilines is 1. The normalized spacial score (nSPS) is 24.9. The molecule has 0 saturated heterocycles. The fraction of sp³-hybridized carbons (Fsp3) is 0.556. The van der Waals surface area contributed by atoms with E-state index in [0.717, 1.165) is 6.42 Å². The zero-order chi connectivity index (χ0) is 10.3. The van der Waals surface area contributed by atoms with E-state index in [1.165, 1.54) is 10.8 Å². The number of nitrogens with zero attached hydrogens (tertiary/aromatic N) is 1. The van der Waals surface area contributed by atoms with Crippen molar-refractivity contribution in [2.45, 2.75) is 19.9 Å². The van der Waals surface area contributed by atoms with Gasteiger partial charge in [-0.1, -0.05) is 6.92 Å². The van der Waals surface area contributed by atoms with Crippen molar-refractivity contribution in [1.82, 2.24) is 9.55 Å². The zero-order valence-corrected chi connectivity index (χ0v) is 7.99. The Bertz CT molecular complexity index is 460. The van der Waals surface area contributed by atoms with Gasteiger partial charge in [0.15, 0.2) is 0 Å². The summed E-state index contributed by atoms with van der Waals surface area (Å²) >= 11 is 0. The summed E-state index contributed by atoms with van der Waals surface area (Å²) in [5.41, 5.74) is 4.64. The average molecular weight is 195 g/mol. The maximum atomic E-state index is 11.3. The van der Waals surface area contributed by atoms with Gasteiger partial charge >= 0.3 is 5.69 Å². The first-order valence-electron chi connectivity index (χ1n) is 4.67. The van der Waals surface area contributed by atoms with Crippen molar-refractivity contribution in [3.05, 3.63) is 27.0 Å². The maximum Gasteiger partial charge on any atom is 0.328 e. The highest BCUT2D eigenvalue weighted by Crippen LogP contribution is 2.38. The van der Waals surface area contributed by atoms with Gasteiger partial charge in [0.1, 0.15) is 5.69 Å². The first-order valence-corrected chi connectivity index (χ1v) is 4.67. The molecule has 2 rings (SSSR count). The van der Waals surface area contributed by atoms with E-state index in [4.69, 9.17) is 5.73 Å². The molecule has 3 N–H and O–H groups in total. The Balaban J connectivity index is 2.29. The second kappa shape index (κ2) is 3.01. The number of aromatic nitrogens is 2. The van der Waals surface area contributed by atoms with Gasteiger partial charge in [0.2, 0.25) is 0 Å². The van der Waals surface area contributed by atoms with Crippen molar-refractivity contribution in [2.75, 3.05) is 5.73 Å². The lowest BCUT2D eigenvalue weighted by Gasteiger charge is -2.03. The largest absolute Gasteiger partial charge is 0.393 e. The summed E-state index contributed by atoms with van der Waals surface area (Å²) < 4.78 is 1.48. The Morgan fingerprint density at radius 3 is 2.86 bits per heavy atom. The highest BCUT2D eigenvalue weighted by molar-refractivity contribution is 5.30. The molecule has 0 amide bonds. The lowest BCUT2D eigenvalue weighted by molar-refractivity contribution is 0.564. The van der Waals surface area contributed by atoms with Crippen LogP contribution in [0.1, 0.15) is 13.3 Å². The smallest absolute Gasteiger partial charge is 0.328 e. The highest BCUT2D eigenvalue weighted by atomic mass is 16.2. The van der Waals surface area contributed by atoms with Crippen molar-refractivity contribution >= 4 is 5.69 Å². The van der Waals surface area contributed by atoms with Crippen molar-refractivity contribution in [1.29, 1.82) is 0 Å². The third kappa shape index (κ3) is 1.57. The minimum Gasteiger partial charge on any atom is -0.393 e. The molecular weight excluding hydrogens is 182 g/mol. The number of aromatic amines is 1. The molecule has 1 saturated carbocycles. The number of hydrogen-bond acceptors (Lipinski definition) is 3. The average Bonchev–Trinajstić information content (AvgIpc) is 2.78. The Labute approximate surface area is 80.6 Å². The fourth-order valence-corrected chi connectivity index (χ4v) is 1.57. The van der Waals surface area contributed by atoms with Crippen molar-refractivity contribution < 1.29 is 0 Å². The lowest BCUT2D eigenvalue weighted by Crippen LogP contribution is -2.31. The summed E-state index contributed by atoms with van der Waals surface area (Å²) in [6, 6.07) is 0. The predicted molar refractivity (Wildman–Crippen MR) is 53.0 cm³/mol. The van der Waals surface area contributed by atoms with E-state index in [9.17, 15) is 9.59 Å². The van der Waals surface area contributed by atoms with Crippen LogP contribution < -0.4 is 17.0 Å². The van der Waals surface area contributed by atoms with Gasteiger partial charge in [-0.2, -0.15) is 0 Å². The number of H-pyrrole nitrogens is 1. The molecule has 76 valence electrons. The molecule has 0 bridgehead atoms. The number of nitrogens with two attached hydrogens (primary N) is 1. The number of nitrogen functional groups attached to an aromatic ring is 1. The van der Waals surface area contributed by atoms with Crippen LogP contribution in [-0.4, -0.2) is 9.55 Å². The van der Waals surface area contributed by atoms with E-state index < -0.39 is 5.56 Å². The molecule has 2 atom stereocenters. The molecule has 5 heteroatoms. The van der Waals surface area contributed by atoms with Gasteiger partial charge in [0.25, 0.3) is 5.56 Å². The van der Waals surface area contributed by atoms with Crippen LogP contribution in [0.15, 0.2) is 15.8 Å². The SMILES string of the molecule is CC1CC1Cn1cc(N)c(=O)[nH]c1=O. The standard InChI is InChI=1S/C9H13N3O2/c1-5-2-6(5)3-12-4-7(10)8(13)11-9(12)14/h4-6H,2-3,10H2,1H3,(H,11,13,14). The van der Waals surface area contributed by atoms with Crippen LogP contribution in [0.4, 0.5) is 5.69 Å². The topological polar surface area (TPSA) is 80.9 Å². The van der Waals surface area contributed by atoms with E-state index in [1.807, 2.05) is 0 Å². The monoisotopic (exact) mass is 195 g/mol. The Morgan fingerprint density at radius 1 is 1.64 bits per heavy atom. The number of hydrogen-bond donors (Lipinski definition) is 2. The van der Waals surface area contributed by atoms with Crippen molar-refractivity contribution in [3.8, 4) is 0 Å². The van der Waals surface area contributed by atoms with E-state index in [0.29, 0.717) is 18.4 Å². The summed E-state index contributed by atoms with van der Waals surface area (Å²) in [4.78, 5) is 24.5. The highest BCUT2D eigenvalue weighted by Gasteiger charge is 2.32. The summed E-state index contributed by atoms with van der Waals surface area (Å²) in [5, 5.41) is 0. The van der Waals surface area contributed by atoms with Crippen LogP contribution >= 0.6 is 0 Å². The Hall–Kier alpha value is -1.52. The van der Waals surface area contributed by atoms with Crippen LogP contribution in [0.3, 0.4) is 0 Å². The molecule has 0 aromatic carbocycles. The third-order valence-corrected chi connectivity index (χ3v) is 2.75. The molecule has 0 radical (unpaired) electrons. The number of rotatable bonds is 2. The van der Waals surface area contributed by atoms with Crippen LogP contribution in [0.25, 0.3) is 0 Å². The van der Waals surface area contributed by atoms with E-state index in [1.54, 1.807) is 0 Å². The second-order valence-corrected chi connectivity index (χ2v) is 3.97. The predicted octanol–water partition coefficient (Wildman–Crippen LogP) is -0.225. The molecule has 1 fully saturated rings. The molecule has 5 nitrogen and oxygen atoms in total. The van der Waals surface area contributed by atoms with Gasteiger partial charge in [-0.25, -0.2) is 4.79 Å². The Morgan fingerprint density at radius 2 is 2.29 bits per heavy atom. The molecule has 1 aromatic rings. The van der Waals surface area contributed by atoms with E-state index in [2.05, 4.69) is 11.9 Å². The summed E-state index contributed by atoms with van der Waals surface area (Å²) in [6.07, 6.45) is 2.57. The molecule has 0 spiro atoms. The quantitative estimate of drug-likeness (QED) is 0.684. The number of nitrogens with one attached hydrogen (secondary N) is 1. The Kier molecular flexibility index (Phi) is 1.94. The van der Waals surface area contributed by atoms with Crippen LogP contribution in [0.2, 0.25) is 0 Å². The molecule has 1 aliphatic rings. The zero-order valence-electron chi connectivity index (χ0n) is 7.99. The molecule has 0 aliphatic heterocycles. The lowest BCUT2D eigenvalue weighted by atomic mass is 10.3. The first kappa shape index (κ1) is 9.05. The molecule has 2 unspecified atom stereocenters. The van der Waals surface area contributed by atoms with Crippen LogP contribution in [-0.2, 0) is 6.54 Å². The molecular formula is C9H13N3O2. The molecule has 1 aliphatic carbocycles. The van der Waals surface area contributed by atoms with Crippen LogP contribution in [0.5, 0.6) is 0 Å². The minimum atomic E-state index is -0.505. The summed E-state index contributed by atoms with van der Waals surface area (Å²) in [6.45, 7) is 2.80. The van der Waals surface area contributed by atoms with Crippen LogP contribution in [0, 0.1) is 11.8 Å². The third-order valence-electron chi connectivity index (χ3n) is 2.75. The second-order valence-electron chi connectivity index (χ2n) is 3.97. The molecule has 1 aromatic heterocycles. The van der Waals surface area contributed by atoms with E-state index >= 15 is 0 Å². The minimum absolute atomic E-state index is 0.0953. The van der Waals surface area contributed by atoms with E-state index in [-0.39, 0.29) is 11.4 Å². The molecule has 1 heterocycles. The van der Waals surface area contributed by atoms with Gasteiger partial charge < -0.3 is 5.73 Å². The summed E-state index contributed by atoms with van der Waals surface area (Å²) in [5.74, 6) is 1.23.